The van der Waals surface area contributed by atoms with E-state index in [9.17, 15) is 18.0 Å². The maximum absolute atomic E-state index is 13.4. The first-order valence-corrected chi connectivity index (χ1v) is 13.5. The Bertz CT molecular complexity index is 1390. The molecule has 2 amide bonds. The zero-order valence-corrected chi connectivity index (χ0v) is 21.6. The number of hydrogen-bond acceptors (Lipinski definition) is 4. The molecular weight excluding hydrogens is 474 g/mol. The molecule has 0 aromatic heterocycles. The zero-order valence-electron chi connectivity index (χ0n) is 20.7. The Hall–Kier alpha value is -3.49. The van der Waals surface area contributed by atoms with Crippen molar-refractivity contribution in [3.8, 4) is 0 Å². The maximum atomic E-state index is 13.4. The third-order valence-electron chi connectivity index (χ3n) is 6.41. The molecule has 0 bridgehead atoms. The van der Waals surface area contributed by atoms with Crippen molar-refractivity contribution in [3.05, 3.63) is 89.0 Å². The van der Waals surface area contributed by atoms with E-state index in [4.69, 9.17) is 0 Å². The second-order valence-corrected chi connectivity index (χ2v) is 10.8. The molecule has 4 rings (SSSR count). The molecule has 1 aliphatic heterocycles. The monoisotopic (exact) mass is 505 g/mol. The summed E-state index contributed by atoms with van der Waals surface area (Å²) in [7, 11) is -4.01. The van der Waals surface area contributed by atoms with Crippen molar-refractivity contribution in [2.45, 2.75) is 51.0 Å². The van der Waals surface area contributed by atoms with Crippen LogP contribution in [0.5, 0.6) is 0 Å². The van der Waals surface area contributed by atoms with Gasteiger partial charge in [-0.25, -0.2) is 8.42 Å². The fourth-order valence-electron chi connectivity index (χ4n) is 4.38. The van der Waals surface area contributed by atoms with Crippen LogP contribution in [0.15, 0.2) is 71.6 Å². The molecule has 0 aliphatic carbocycles. The van der Waals surface area contributed by atoms with Crippen molar-refractivity contribution in [1.82, 2.24) is 4.72 Å². The number of amides is 2. The zero-order chi connectivity index (χ0) is 25.9. The van der Waals surface area contributed by atoms with Crippen molar-refractivity contribution in [2.75, 3.05) is 16.8 Å². The lowest BCUT2D eigenvalue weighted by Gasteiger charge is -2.20. The van der Waals surface area contributed by atoms with Gasteiger partial charge in [-0.3, -0.25) is 9.59 Å². The van der Waals surface area contributed by atoms with E-state index < -0.39 is 22.0 Å². The summed E-state index contributed by atoms with van der Waals surface area (Å²) in [4.78, 5) is 27.3. The molecular formula is C28H31N3O4S. The average molecular weight is 506 g/mol. The molecule has 0 unspecified atom stereocenters. The van der Waals surface area contributed by atoms with Gasteiger partial charge < -0.3 is 10.2 Å². The molecule has 7 nitrogen and oxygen atoms in total. The van der Waals surface area contributed by atoms with Gasteiger partial charge in [0.1, 0.15) is 6.04 Å². The third kappa shape index (κ3) is 5.66. The fourth-order valence-corrected chi connectivity index (χ4v) is 5.62. The van der Waals surface area contributed by atoms with E-state index in [0.29, 0.717) is 25.1 Å². The summed E-state index contributed by atoms with van der Waals surface area (Å²) < 4.78 is 29.4. The molecule has 0 fully saturated rings. The number of benzene rings is 3. The minimum atomic E-state index is -4.01. The van der Waals surface area contributed by atoms with E-state index >= 15 is 0 Å². The number of nitrogens with one attached hydrogen (secondary N) is 2. The topological polar surface area (TPSA) is 95.6 Å². The van der Waals surface area contributed by atoms with Gasteiger partial charge in [0.15, 0.2) is 0 Å². The minimum absolute atomic E-state index is 0.00789. The summed E-state index contributed by atoms with van der Waals surface area (Å²) in [6, 6.07) is 18.8. The molecule has 0 spiro atoms. The Morgan fingerprint density at radius 2 is 1.75 bits per heavy atom. The molecule has 0 saturated carbocycles. The second kappa shape index (κ2) is 10.6. The van der Waals surface area contributed by atoms with Crippen molar-refractivity contribution >= 4 is 33.2 Å². The van der Waals surface area contributed by atoms with Crippen LogP contribution in [0.2, 0.25) is 0 Å². The smallest absolute Gasteiger partial charge is 0.242 e. The lowest BCUT2D eigenvalue weighted by Crippen LogP contribution is -2.45. The van der Waals surface area contributed by atoms with Crippen LogP contribution >= 0.6 is 0 Å². The highest BCUT2D eigenvalue weighted by molar-refractivity contribution is 7.89. The first-order valence-electron chi connectivity index (χ1n) is 12.1. The van der Waals surface area contributed by atoms with Gasteiger partial charge in [-0.15, -0.1) is 0 Å². The van der Waals surface area contributed by atoms with Gasteiger partial charge in [0.05, 0.1) is 4.90 Å². The first-order chi connectivity index (χ1) is 17.2. The molecule has 1 atom stereocenters. The van der Waals surface area contributed by atoms with Crippen molar-refractivity contribution < 1.29 is 18.0 Å². The fraction of sp³-hybridized carbons (Fsp3) is 0.286. The Morgan fingerprint density at radius 3 is 2.47 bits per heavy atom. The quantitative estimate of drug-likeness (QED) is 0.481. The Balaban J connectivity index is 1.61. The highest BCUT2D eigenvalue weighted by Gasteiger charge is 2.29. The average Bonchev–Trinajstić information content (AvgIpc) is 3.29. The van der Waals surface area contributed by atoms with E-state index in [1.165, 1.54) is 6.07 Å². The second-order valence-electron chi connectivity index (χ2n) is 9.11. The number of nitrogens with zero attached hydrogens (tertiary/aromatic N) is 1. The summed E-state index contributed by atoms with van der Waals surface area (Å²) in [5, 5.41) is 2.90. The first kappa shape index (κ1) is 25.6. The molecule has 1 aliphatic rings. The molecule has 3 aromatic rings. The van der Waals surface area contributed by atoms with Crippen molar-refractivity contribution in [3.63, 3.8) is 0 Å². The number of carbonyl (C=O) groups is 2. The number of carbonyl (C=O) groups excluding carboxylic acids is 2. The van der Waals surface area contributed by atoms with Crippen molar-refractivity contribution in [2.24, 2.45) is 0 Å². The Kier molecular flexibility index (Phi) is 7.56. The largest absolute Gasteiger partial charge is 0.324 e. The number of hydrogen-bond donors (Lipinski definition) is 2. The highest BCUT2D eigenvalue weighted by Crippen LogP contribution is 2.31. The van der Waals surface area contributed by atoms with Crippen LogP contribution < -0.4 is 14.9 Å². The van der Waals surface area contributed by atoms with Gasteiger partial charge in [-0.05, 0) is 73.2 Å². The molecule has 0 radical (unpaired) electrons. The third-order valence-corrected chi connectivity index (χ3v) is 7.88. The van der Waals surface area contributed by atoms with E-state index in [1.807, 2.05) is 62.4 Å². The molecule has 1 heterocycles. The summed E-state index contributed by atoms with van der Waals surface area (Å²) in [6.45, 7) is 6.16. The number of fused-ring (bicyclic) bond motifs is 1. The van der Waals surface area contributed by atoms with Crippen LogP contribution in [-0.2, 0) is 32.5 Å². The number of rotatable bonds is 8. The number of aryl methyl sites for hydroxylation is 2. The number of anilines is 2. The molecule has 0 saturated heterocycles. The van der Waals surface area contributed by atoms with E-state index in [1.54, 1.807) is 24.0 Å². The standard InChI is InChI=1S/C28H31N3O4S/c1-4-27(32)31-15-14-22-18-23(12-13-26(22)31)36(34,35)30-25(17-21-8-6-5-7-9-21)28(33)29-24-16-19(2)10-11-20(24)3/h5-13,16,18,25,30H,4,14-15,17H2,1-3H3,(H,29,33)/t25-/m1/s1. The molecule has 36 heavy (non-hydrogen) atoms. The minimum Gasteiger partial charge on any atom is -0.324 e. The van der Waals surface area contributed by atoms with Gasteiger partial charge in [0.2, 0.25) is 21.8 Å². The van der Waals surface area contributed by atoms with Crippen LogP contribution in [0.4, 0.5) is 11.4 Å². The molecule has 3 aromatic carbocycles. The Labute approximate surface area is 212 Å². The summed E-state index contributed by atoms with van der Waals surface area (Å²) in [5.74, 6) is -0.425. The van der Waals surface area contributed by atoms with E-state index in [2.05, 4.69) is 10.0 Å². The predicted octanol–water partition coefficient (Wildman–Crippen LogP) is 4.13. The van der Waals surface area contributed by atoms with Gasteiger partial charge >= 0.3 is 0 Å². The van der Waals surface area contributed by atoms with Crippen LogP contribution in [0, 0.1) is 13.8 Å². The van der Waals surface area contributed by atoms with E-state index in [0.717, 1.165) is 27.9 Å². The van der Waals surface area contributed by atoms with Crippen LogP contribution in [0.3, 0.4) is 0 Å². The maximum Gasteiger partial charge on any atom is 0.242 e. The van der Waals surface area contributed by atoms with Crippen LogP contribution in [0.1, 0.15) is 35.6 Å². The van der Waals surface area contributed by atoms with Gasteiger partial charge in [-0.2, -0.15) is 4.72 Å². The highest BCUT2D eigenvalue weighted by atomic mass is 32.2. The summed E-state index contributed by atoms with van der Waals surface area (Å²) >= 11 is 0. The molecule has 188 valence electrons. The van der Waals surface area contributed by atoms with Gasteiger partial charge in [-0.1, -0.05) is 49.4 Å². The SMILES string of the molecule is CCC(=O)N1CCc2cc(S(=O)(=O)N[C@H](Cc3ccccc3)C(=O)Nc3cc(C)ccc3C)ccc21. The van der Waals surface area contributed by atoms with Gasteiger partial charge in [0, 0.05) is 24.3 Å². The van der Waals surface area contributed by atoms with Crippen molar-refractivity contribution in [1.29, 1.82) is 0 Å². The molecule has 8 heteroatoms. The summed E-state index contributed by atoms with van der Waals surface area (Å²) in [5.41, 5.74) is 4.91. The van der Waals surface area contributed by atoms with E-state index in [-0.39, 0.29) is 17.2 Å². The lowest BCUT2D eigenvalue weighted by molar-refractivity contribution is -0.118. The lowest BCUT2D eigenvalue weighted by atomic mass is 10.1. The number of sulfonamides is 1. The normalized spacial score (nSPS) is 13.8. The Morgan fingerprint density at radius 1 is 1.00 bits per heavy atom. The molecule has 2 N–H and O–H groups in total. The summed E-state index contributed by atoms with van der Waals surface area (Å²) in [6.07, 6.45) is 1.17. The van der Waals surface area contributed by atoms with Gasteiger partial charge in [0.25, 0.3) is 0 Å². The predicted molar refractivity (Wildman–Crippen MR) is 142 cm³/mol. The van der Waals surface area contributed by atoms with Crippen LogP contribution in [-0.4, -0.2) is 32.8 Å². The van der Waals surface area contributed by atoms with Crippen LogP contribution in [0.25, 0.3) is 0 Å².